The van der Waals surface area contributed by atoms with Gasteiger partial charge in [0.05, 0.1) is 12.7 Å². The number of aromatic carboxylic acids is 1. The number of carbonyl (C=O) groups excluding carboxylic acids is 1. The van der Waals surface area contributed by atoms with Gasteiger partial charge in [0.2, 0.25) is 0 Å². The molecule has 4 heteroatoms. The summed E-state index contributed by atoms with van der Waals surface area (Å²) in [5, 5.41) is 9.02. The van der Waals surface area contributed by atoms with Crippen LogP contribution in [-0.4, -0.2) is 24.0 Å². The molecule has 16 heavy (non-hydrogen) atoms. The molecule has 1 rings (SSSR count). The van der Waals surface area contributed by atoms with Crippen molar-refractivity contribution in [2.24, 2.45) is 0 Å². The third-order valence-corrected chi connectivity index (χ3v) is 2.29. The van der Waals surface area contributed by atoms with Crippen LogP contribution in [0.2, 0.25) is 0 Å². The monoisotopic (exact) mass is 222 g/mol. The van der Waals surface area contributed by atoms with Crippen LogP contribution in [0.3, 0.4) is 0 Å². The number of rotatable bonds is 4. The van der Waals surface area contributed by atoms with Crippen molar-refractivity contribution >= 4 is 11.8 Å². The highest BCUT2D eigenvalue weighted by Crippen LogP contribution is 2.23. The van der Waals surface area contributed by atoms with E-state index in [1.54, 1.807) is 6.07 Å². The SMILES string of the molecule is COc1cc(C(=O)O)c(CC(C)=O)cc1C. The molecular formula is C12H14O4. The molecule has 0 aliphatic heterocycles. The number of aryl methyl sites for hydroxylation is 1. The van der Waals surface area contributed by atoms with Gasteiger partial charge in [0.25, 0.3) is 0 Å². The lowest BCUT2D eigenvalue weighted by Gasteiger charge is -2.10. The fourth-order valence-corrected chi connectivity index (χ4v) is 1.58. The molecule has 0 heterocycles. The van der Waals surface area contributed by atoms with E-state index in [9.17, 15) is 9.59 Å². The maximum absolute atomic E-state index is 11.0. The first kappa shape index (κ1) is 12.2. The highest BCUT2D eigenvalue weighted by molar-refractivity contribution is 5.92. The van der Waals surface area contributed by atoms with Crippen LogP contribution in [0.5, 0.6) is 5.75 Å². The van der Waals surface area contributed by atoms with Gasteiger partial charge in [-0.1, -0.05) is 6.07 Å². The van der Waals surface area contributed by atoms with Gasteiger partial charge >= 0.3 is 5.97 Å². The first-order valence-electron chi connectivity index (χ1n) is 4.86. The molecule has 0 amide bonds. The quantitative estimate of drug-likeness (QED) is 0.844. The van der Waals surface area contributed by atoms with Crippen molar-refractivity contribution in [3.63, 3.8) is 0 Å². The van der Waals surface area contributed by atoms with E-state index in [-0.39, 0.29) is 17.8 Å². The van der Waals surface area contributed by atoms with Crippen LogP contribution in [0.25, 0.3) is 0 Å². The molecule has 0 aliphatic carbocycles. The lowest BCUT2D eigenvalue weighted by Crippen LogP contribution is -2.07. The summed E-state index contributed by atoms with van der Waals surface area (Å²) >= 11 is 0. The van der Waals surface area contributed by atoms with Gasteiger partial charge in [0, 0.05) is 6.42 Å². The highest BCUT2D eigenvalue weighted by atomic mass is 16.5. The molecule has 0 bridgehead atoms. The van der Waals surface area contributed by atoms with Gasteiger partial charge in [0.15, 0.2) is 0 Å². The normalized spacial score (nSPS) is 9.94. The number of benzene rings is 1. The van der Waals surface area contributed by atoms with E-state index in [0.717, 1.165) is 5.56 Å². The lowest BCUT2D eigenvalue weighted by molar-refractivity contribution is -0.116. The summed E-state index contributed by atoms with van der Waals surface area (Å²) in [6.07, 6.45) is 0.131. The molecule has 0 radical (unpaired) electrons. The van der Waals surface area contributed by atoms with E-state index >= 15 is 0 Å². The number of hydrogen-bond acceptors (Lipinski definition) is 3. The van der Waals surface area contributed by atoms with Gasteiger partial charge in [0.1, 0.15) is 11.5 Å². The fraction of sp³-hybridized carbons (Fsp3) is 0.333. The van der Waals surface area contributed by atoms with Crippen molar-refractivity contribution in [3.8, 4) is 5.75 Å². The van der Waals surface area contributed by atoms with Crippen LogP contribution in [0.15, 0.2) is 12.1 Å². The molecule has 0 saturated heterocycles. The second kappa shape index (κ2) is 4.79. The molecule has 0 unspecified atom stereocenters. The van der Waals surface area contributed by atoms with E-state index in [0.29, 0.717) is 11.3 Å². The summed E-state index contributed by atoms with van der Waals surface area (Å²) in [6, 6.07) is 3.14. The topological polar surface area (TPSA) is 63.6 Å². The zero-order valence-electron chi connectivity index (χ0n) is 9.53. The summed E-state index contributed by atoms with van der Waals surface area (Å²) < 4.78 is 5.05. The second-order valence-electron chi connectivity index (χ2n) is 3.66. The summed E-state index contributed by atoms with van der Waals surface area (Å²) in [6.45, 7) is 3.25. The van der Waals surface area contributed by atoms with Crippen LogP contribution in [0, 0.1) is 6.92 Å². The number of methoxy groups -OCH3 is 1. The van der Waals surface area contributed by atoms with Crippen LogP contribution >= 0.6 is 0 Å². The Morgan fingerprint density at radius 2 is 2.00 bits per heavy atom. The predicted molar refractivity (Wildman–Crippen MR) is 59.1 cm³/mol. The summed E-state index contributed by atoms with van der Waals surface area (Å²) in [5.41, 5.74) is 1.47. The van der Waals surface area contributed by atoms with Gasteiger partial charge in [-0.05, 0) is 31.0 Å². The average molecular weight is 222 g/mol. The van der Waals surface area contributed by atoms with Crippen LogP contribution in [-0.2, 0) is 11.2 Å². The van der Waals surface area contributed by atoms with Gasteiger partial charge < -0.3 is 9.84 Å². The number of carboxylic acids is 1. The van der Waals surface area contributed by atoms with Gasteiger partial charge in [-0.2, -0.15) is 0 Å². The molecule has 0 saturated carbocycles. The summed E-state index contributed by atoms with van der Waals surface area (Å²) in [5.74, 6) is -0.591. The summed E-state index contributed by atoms with van der Waals surface area (Å²) in [4.78, 5) is 22.0. The first-order valence-corrected chi connectivity index (χ1v) is 4.86. The molecule has 0 aromatic heterocycles. The minimum atomic E-state index is -1.05. The Hall–Kier alpha value is -1.84. The van der Waals surface area contributed by atoms with Crippen molar-refractivity contribution in [1.82, 2.24) is 0 Å². The average Bonchev–Trinajstić information content (AvgIpc) is 2.16. The minimum Gasteiger partial charge on any atom is -0.496 e. The molecule has 0 spiro atoms. The maximum atomic E-state index is 11.0. The van der Waals surface area contributed by atoms with Gasteiger partial charge in [-0.25, -0.2) is 4.79 Å². The number of Topliss-reactive ketones (excluding diaryl/α,β-unsaturated/α-hetero) is 1. The Bertz CT molecular complexity index is 435. The van der Waals surface area contributed by atoms with Crippen molar-refractivity contribution < 1.29 is 19.4 Å². The Morgan fingerprint density at radius 1 is 1.38 bits per heavy atom. The summed E-state index contributed by atoms with van der Waals surface area (Å²) in [7, 11) is 1.48. The third kappa shape index (κ3) is 2.59. The van der Waals surface area contributed by atoms with E-state index < -0.39 is 5.97 Å². The Labute approximate surface area is 93.9 Å². The smallest absolute Gasteiger partial charge is 0.336 e. The predicted octanol–water partition coefficient (Wildman–Crippen LogP) is 1.83. The molecular weight excluding hydrogens is 208 g/mol. The maximum Gasteiger partial charge on any atom is 0.336 e. The molecule has 4 nitrogen and oxygen atoms in total. The van der Waals surface area contributed by atoms with Crippen LogP contribution in [0.4, 0.5) is 0 Å². The standard InChI is InChI=1S/C12H14O4/c1-7-4-9(5-8(2)13)10(12(14)15)6-11(7)16-3/h4,6H,5H2,1-3H3,(H,14,15). The van der Waals surface area contributed by atoms with Crippen molar-refractivity contribution in [2.75, 3.05) is 7.11 Å². The van der Waals surface area contributed by atoms with E-state index in [1.807, 2.05) is 6.92 Å². The van der Waals surface area contributed by atoms with Crippen molar-refractivity contribution in [2.45, 2.75) is 20.3 Å². The molecule has 86 valence electrons. The third-order valence-electron chi connectivity index (χ3n) is 2.29. The fourth-order valence-electron chi connectivity index (χ4n) is 1.58. The molecule has 0 atom stereocenters. The zero-order chi connectivity index (χ0) is 12.3. The van der Waals surface area contributed by atoms with Crippen molar-refractivity contribution in [1.29, 1.82) is 0 Å². The largest absolute Gasteiger partial charge is 0.496 e. The Morgan fingerprint density at radius 3 is 2.44 bits per heavy atom. The van der Waals surface area contributed by atoms with E-state index in [4.69, 9.17) is 9.84 Å². The molecule has 0 fully saturated rings. The second-order valence-corrected chi connectivity index (χ2v) is 3.66. The Balaban J connectivity index is 3.30. The van der Waals surface area contributed by atoms with Gasteiger partial charge in [-0.15, -0.1) is 0 Å². The first-order chi connectivity index (χ1) is 7.45. The molecule has 1 aromatic rings. The van der Waals surface area contributed by atoms with E-state index in [1.165, 1.54) is 20.1 Å². The number of carbonyl (C=O) groups is 2. The number of ether oxygens (including phenoxy) is 1. The molecule has 1 aromatic carbocycles. The number of carboxylic acid groups (broad SMARTS) is 1. The minimum absolute atomic E-state index is 0.0629. The van der Waals surface area contributed by atoms with Crippen LogP contribution in [0.1, 0.15) is 28.4 Å². The molecule has 0 aliphatic rings. The number of hydrogen-bond donors (Lipinski definition) is 1. The Kier molecular flexibility index (Phi) is 3.66. The molecule has 1 N–H and O–H groups in total. The lowest BCUT2D eigenvalue weighted by atomic mass is 9.99. The zero-order valence-corrected chi connectivity index (χ0v) is 9.53. The van der Waals surface area contributed by atoms with Gasteiger partial charge in [-0.3, -0.25) is 4.79 Å². The number of ketones is 1. The highest BCUT2D eigenvalue weighted by Gasteiger charge is 2.14. The van der Waals surface area contributed by atoms with Crippen molar-refractivity contribution in [3.05, 3.63) is 28.8 Å². The van der Waals surface area contributed by atoms with E-state index in [2.05, 4.69) is 0 Å². The van der Waals surface area contributed by atoms with Crippen LogP contribution < -0.4 is 4.74 Å².